The third-order valence-electron chi connectivity index (χ3n) is 8.88. The Kier molecular flexibility index (Phi) is 6.26. The van der Waals surface area contributed by atoms with Gasteiger partial charge in [0.05, 0.1) is 10.4 Å². The molecule has 2 aromatic heterocycles. The number of ether oxygens (including phenoxy) is 1. The number of rotatable bonds is 2. The van der Waals surface area contributed by atoms with E-state index in [-0.39, 0.29) is 22.3 Å². The Labute approximate surface area is 267 Å². The van der Waals surface area contributed by atoms with E-state index in [9.17, 15) is 32.3 Å². The molecule has 0 bridgehead atoms. The highest BCUT2D eigenvalue weighted by Crippen LogP contribution is 2.55. The lowest BCUT2D eigenvalue weighted by molar-refractivity contribution is -0.137. The van der Waals surface area contributed by atoms with Crippen LogP contribution in [0.4, 0.5) is 13.2 Å². The average molecular weight is 659 g/mol. The normalized spacial score (nSPS) is 19.9. The number of aromatic nitrogens is 2. The maximum atomic E-state index is 13.3. The molecule has 1 spiro atoms. The molecule has 0 saturated heterocycles. The molecule has 46 heavy (non-hydrogen) atoms. The number of alkyl halides is 3. The molecule has 230 valence electrons. The summed E-state index contributed by atoms with van der Waals surface area (Å²) in [6.45, 7) is 1.86. The van der Waals surface area contributed by atoms with E-state index >= 15 is 0 Å². The van der Waals surface area contributed by atoms with Gasteiger partial charge < -0.3 is 4.74 Å². The number of carbonyl (C=O) groups excluding carboxylic acids is 4. The first-order chi connectivity index (χ1) is 21.9. The third kappa shape index (κ3) is 4.30. The molecule has 1 fully saturated rings. The summed E-state index contributed by atoms with van der Waals surface area (Å²) in [6, 6.07) is 8.04. The summed E-state index contributed by atoms with van der Waals surface area (Å²) in [5.41, 5.74) is 0.916. The SMILES string of the molecule is Cc1ccc2c(c1)C(=O)C(=O)/C2=C\c1nc2c(s1)-c1sc(/C=C3\C(=O)C(=O)c4cc(C(F)(F)F)ccc43)nc1OC21CCCCC1. The van der Waals surface area contributed by atoms with Crippen molar-refractivity contribution >= 4 is 69.1 Å². The molecule has 8 rings (SSSR count). The summed E-state index contributed by atoms with van der Waals surface area (Å²) < 4.78 is 46.5. The first-order valence-corrected chi connectivity index (χ1v) is 16.2. The standard InChI is InChI=1S/C34H21F3N2O5S2/c1-15-5-7-17-19(11-15)25(40)27(42)21(17)13-23-38-31-29(45-23)30-32(44-33(31)9-3-2-4-10-33)39-24(46-30)14-22-18-8-6-16(34(35,36)37)12-20(18)26(41)28(22)43/h5-8,11-14H,2-4,9-10H2,1H3/b21-13-,22-14-. The van der Waals surface area contributed by atoms with Crippen molar-refractivity contribution < 1.29 is 37.1 Å². The van der Waals surface area contributed by atoms with E-state index in [0.29, 0.717) is 50.8 Å². The number of nitrogens with zero attached hydrogens (tertiary/aromatic N) is 2. The second-order valence-electron chi connectivity index (χ2n) is 11.8. The maximum absolute atomic E-state index is 13.3. The lowest BCUT2D eigenvalue weighted by atomic mass is 9.80. The van der Waals surface area contributed by atoms with Gasteiger partial charge in [-0.2, -0.15) is 13.2 Å². The average Bonchev–Trinajstić information content (AvgIpc) is 3.75. The lowest BCUT2D eigenvalue weighted by Crippen LogP contribution is -2.38. The van der Waals surface area contributed by atoms with Crippen molar-refractivity contribution in [3.8, 4) is 15.6 Å². The van der Waals surface area contributed by atoms with Gasteiger partial charge in [0.15, 0.2) is 5.60 Å². The van der Waals surface area contributed by atoms with Crippen LogP contribution < -0.4 is 4.74 Å². The predicted octanol–water partition coefficient (Wildman–Crippen LogP) is 7.76. The van der Waals surface area contributed by atoms with Gasteiger partial charge >= 0.3 is 6.18 Å². The van der Waals surface area contributed by atoms with Crippen molar-refractivity contribution in [3.05, 3.63) is 85.5 Å². The molecule has 0 radical (unpaired) electrons. The smallest absolute Gasteiger partial charge is 0.416 e. The zero-order valence-corrected chi connectivity index (χ0v) is 25.7. The predicted molar refractivity (Wildman–Crippen MR) is 166 cm³/mol. The number of fused-ring (bicyclic) bond motifs is 6. The van der Waals surface area contributed by atoms with Gasteiger partial charge in [0, 0.05) is 22.3 Å². The van der Waals surface area contributed by atoms with Crippen LogP contribution in [0.15, 0.2) is 36.4 Å². The monoisotopic (exact) mass is 658 g/mol. The van der Waals surface area contributed by atoms with Gasteiger partial charge in [-0.25, -0.2) is 9.97 Å². The van der Waals surface area contributed by atoms with Crippen molar-refractivity contribution in [2.24, 2.45) is 0 Å². The Morgan fingerprint density at radius 2 is 1.33 bits per heavy atom. The number of carbonyl (C=O) groups is 4. The largest absolute Gasteiger partial charge is 0.463 e. The van der Waals surface area contributed by atoms with Crippen molar-refractivity contribution in [2.75, 3.05) is 0 Å². The fraction of sp³-hybridized carbons (Fsp3) is 0.235. The summed E-state index contributed by atoms with van der Waals surface area (Å²) >= 11 is 2.57. The highest BCUT2D eigenvalue weighted by molar-refractivity contribution is 7.23. The van der Waals surface area contributed by atoms with Gasteiger partial charge in [-0.1, -0.05) is 30.2 Å². The number of halogens is 3. The van der Waals surface area contributed by atoms with E-state index in [1.165, 1.54) is 28.7 Å². The number of allylic oxidation sites excluding steroid dienone is 2. The second kappa shape index (κ2) is 9.97. The van der Waals surface area contributed by atoms with E-state index in [2.05, 4.69) is 4.98 Å². The number of hydrogen-bond donors (Lipinski definition) is 0. The van der Waals surface area contributed by atoms with Crippen LogP contribution in [0, 0.1) is 6.92 Å². The summed E-state index contributed by atoms with van der Waals surface area (Å²) in [6.07, 6.45) is 2.69. The minimum atomic E-state index is -4.66. The zero-order valence-electron chi connectivity index (χ0n) is 24.0. The quantitative estimate of drug-likeness (QED) is 0.160. The molecular formula is C34H21F3N2O5S2. The molecule has 0 unspecified atom stereocenters. The number of thiazole rings is 2. The molecule has 3 aliphatic carbocycles. The van der Waals surface area contributed by atoms with Crippen molar-refractivity contribution in [1.29, 1.82) is 0 Å². The molecular weight excluding hydrogens is 638 g/mol. The van der Waals surface area contributed by atoms with Crippen molar-refractivity contribution in [3.63, 3.8) is 0 Å². The van der Waals surface area contributed by atoms with Gasteiger partial charge in [-0.3, -0.25) is 19.2 Å². The molecule has 4 aliphatic rings. The van der Waals surface area contributed by atoms with Crippen LogP contribution in [0.5, 0.6) is 5.88 Å². The Bertz CT molecular complexity index is 2150. The van der Waals surface area contributed by atoms with Gasteiger partial charge in [-0.05, 0) is 74.1 Å². The molecule has 4 aromatic rings. The topological polar surface area (TPSA) is 103 Å². The van der Waals surface area contributed by atoms with Crippen LogP contribution in [0.25, 0.3) is 33.1 Å². The Morgan fingerprint density at radius 3 is 1.98 bits per heavy atom. The van der Waals surface area contributed by atoms with Gasteiger partial charge in [0.2, 0.25) is 29.0 Å². The molecule has 12 heteroatoms. The minimum absolute atomic E-state index is 0.0273. The molecule has 0 N–H and O–H groups in total. The summed E-state index contributed by atoms with van der Waals surface area (Å²) in [5, 5.41) is 0.886. The van der Waals surface area contributed by atoms with Gasteiger partial charge in [0.1, 0.15) is 20.6 Å². The van der Waals surface area contributed by atoms with Crippen LogP contribution in [0.1, 0.15) is 90.8 Å². The third-order valence-corrected chi connectivity index (χ3v) is 11.0. The van der Waals surface area contributed by atoms with Crippen LogP contribution in [0.2, 0.25) is 0 Å². The van der Waals surface area contributed by atoms with Crippen molar-refractivity contribution in [1.82, 2.24) is 9.97 Å². The number of benzene rings is 2. The Morgan fingerprint density at radius 1 is 0.739 bits per heavy atom. The van der Waals surface area contributed by atoms with Gasteiger partial charge in [-0.15, -0.1) is 22.7 Å². The molecule has 3 heterocycles. The molecule has 2 aromatic carbocycles. The fourth-order valence-electron chi connectivity index (χ4n) is 6.64. The molecule has 1 aliphatic heterocycles. The summed E-state index contributed by atoms with van der Waals surface area (Å²) in [7, 11) is 0. The van der Waals surface area contributed by atoms with Crippen LogP contribution in [-0.4, -0.2) is 33.1 Å². The van der Waals surface area contributed by atoms with E-state index in [1.54, 1.807) is 18.2 Å². The Balaban J connectivity index is 1.23. The minimum Gasteiger partial charge on any atom is -0.463 e. The van der Waals surface area contributed by atoms with E-state index in [1.807, 2.05) is 13.0 Å². The number of aryl methyl sites for hydroxylation is 1. The highest BCUT2D eigenvalue weighted by Gasteiger charge is 2.47. The van der Waals surface area contributed by atoms with Crippen LogP contribution >= 0.6 is 22.7 Å². The van der Waals surface area contributed by atoms with Crippen molar-refractivity contribution in [2.45, 2.75) is 50.8 Å². The van der Waals surface area contributed by atoms with E-state index < -0.39 is 40.5 Å². The van der Waals surface area contributed by atoms with E-state index in [0.717, 1.165) is 47.5 Å². The molecule has 7 nitrogen and oxygen atoms in total. The van der Waals surface area contributed by atoms with Crippen LogP contribution in [-0.2, 0) is 21.4 Å². The first kappa shape index (κ1) is 28.9. The maximum Gasteiger partial charge on any atom is 0.416 e. The Hall–Kier alpha value is -4.55. The second-order valence-corrected chi connectivity index (χ2v) is 13.9. The van der Waals surface area contributed by atoms with Crippen LogP contribution in [0.3, 0.4) is 0 Å². The molecule has 1 saturated carbocycles. The zero-order chi connectivity index (χ0) is 32.1. The molecule has 0 atom stereocenters. The number of Topliss-reactive ketones (excluding diaryl/α,β-unsaturated/α-hetero) is 4. The van der Waals surface area contributed by atoms with E-state index in [4.69, 9.17) is 9.72 Å². The lowest BCUT2D eigenvalue weighted by Gasteiger charge is -2.38. The van der Waals surface area contributed by atoms with Gasteiger partial charge in [0.25, 0.3) is 0 Å². The summed E-state index contributed by atoms with van der Waals surface area (Å²) in [4.78, 5) is 62.4. The number of ketones is 4. The highest BCUT2D eigenvalue weighted by atomic mass is 32.1. The summed E-state index contributed by atoms with van der Waals surface area (Å²) in [5.74, 6) is -2.66. The first-order valence-electron chi connectivity index (χ1n) is 14.6. The number of hydrogen-bond acceptors (Lipinski definition) is 9. The molecule has 0 amide bonds. The fourth-order valence-corrected chi connectivity index (χ4v) is 8.80.